The van der Waals surface area contributed by atoms with Crippen LogP contribution in [-0.4, -0.2) is 38.7 Å². The number of hydrogen-bond donors (Lipinski definition) is 1. The lowest BCUT2D eigenvalue weighted by atomic mass is 10.2. The molecule has 2 aromatic carbocycles. The molecule has 2 heterocycles. The van der Waals surface area contributed by atoms with Gasteiger partial charge in [0.1, 0.15) is 5.65 Å². The van der Waals surface area contributed by atoms with Crippen molar-refractivity contribution in [1.29, 1.82) is 0 Å². The first-order valence-electron chi connectivity index (χ1n) is 8.42. The molecule has 4 rings (SSSR count). The van der Waals surface area contributed by atoms with Crippen molar-refractivity contribution < 1.29 is 14.3 Å². The number of imide groups is 1. The normalized spacial score (nSPS) is 11.1. The zero-order chi connectivity index (χ0) is 18.8. The number of thioether (sulfide) groups is 1. The number of imidazole rings is 1. The highest BCUT2D eigenvalue weighted by Crippen LogP contribution is 2.28. The zero-order valence-electron chi connectivity index (χ0n) is 14.5. The van der Waals surface area contributed by atoms with Crippen molar-refractivity contribution in [1.82, 2.24) is 19.7 Å². The van der Waals surface area contributed by atoms with Crippen LogP contribution in [0.2, 0.25) is 0 Å². The summed E-state index contributed by atoms with van der Waals surface area (Å²) in [6.07, 6.45) is -0.743. The molecule has 0 unspecified atom stereocenters. The Morgan fingerprint density at radius 3 is 2.63 bits per heavy atom. The SMILES string of the molecule is CCOC(=O)NC(=O)CSc1nc2ccccc2c2nc3ccccc3n12. The zero-order valence-corrected chi connectivity index (χ0v) is 15.3. The fourth-order valence-electron chi connectivity index (χ4n) is 2.86. The van der Waals surface area contributed by atoms with Crippen molar-refractivity contribution in [2.45, 2.75) is 12.1 Å². The fourth-order valence-corrected chi connectivity index (χ4v) is 3.67. The van der Waals surface area contributed by atoms with E-state index in [1.807, 2.05) is 52.9 Å². The van der Waals surface area contributed by atoms with E-state index in [-0.39, 0.29) is 12.4 Å². The molecule has 2 aromatic heterocycles. The number of aromatic nitrogens is 3. The molecule has 27 heavy (non-hydrogen) atoms. The van der Waals surface area contributed by atoms with Crippen LogP contribution >= 0.6 is 11.8 Å². The average Bonchev–Trinajstić information content (AvgIpc) is 3.06. The van der Waals surface area contributed by atoms with E-state index in [4.69, 9.17) is 14.7 Å². The highest BCUT2D eigenvalue weighted by molar-refractivity contribution is 7.99. The number of carbonyl (C=O) groups excluding carboxylic acids is 2. The van der Waals surface area contributed by atoms with Crippen molar-refractivity contribution in [2.24, 2.45) is 0 Å². The molecule has 0 saturated heterocycles. The van der Waals surface area contributed by atoms with Crippen molar-refractivity contribution in [3.63, 3.8) is 0 Å². The van der Waals surface area contributed by atoms with Gasteiger partial charge in [-0.3, -0.25) is 14.5 Å². The highest BCUT2D eigenvalue weighted by atomic mass is 32.2. The van der Waals surface area contributed by atoms with Gasteiger partial charge in [-0.2, -0.15) is 0 Å². The molecule has 2 amide bonds. The van der Waals surface area contributed by atoms with Gasteiger partial charge < -0.3 is 4.74 Å². The molecule has 0 aliphatic rings. The smallest absolute Gasteiger partial charge is 0.413 e. The Bertz CT molecular complexity index is 1170. The minimum absolute atomic E-state index is 0.0335. The first kappa shape index (κ1) is 17.3. The van der Waals surface area contributed by atoms with Gasteiger partial charge >= 0.3 is 6.09 Å². The highest BCUT2D eigenvalue weighted by Gasteiger charge is 2.16. The maximum Gasteiger partial charge on any atom is 0.413 e. The third-order valence-corrected chi connectivity index (χ3v) is 4.90. The maximum absolute atomic E-state index is 12.0. The number of amides is 2. The Morgan fingerprint density at radius 1 is 1.07 bits per heavy atom. The van der Waals surface area contributed by atoms with Gasteiger partial charge in [0.2, 0.25) is 5.91 Å². The van der Waals surface area contributed by atoms with Crippen molar-refractivity contribution in [3.8, 4) is 0 Å². The monoisotopic (exact) mass is 380 g/mol. The largest absolute Gasteiger partial charge is 0.450 e. The maximum atomic E-state index is 12.0. The summed E-state index contributed by atoms with van der Waals surface area (Å²) in [6, 6.07) is 15.5. The number of fused-ring (bicyclic) bond motifs is 5. The van der Waals surface area contributed by atoms with E-state index < -0.39 is 12.0 Å². The van der Waals surface area contributed by atoms with Gasteiger partial charge in [-0.05, 0) is 31.2 Å². The van der Waals surface area contributed by atoms with Crippen LogP contribution < -0.4 is 5.32 Å². The molecular weight excluding hydrogens is 364 g/mol. The van der Waals surface area contributed by atoms with Crippen LogP contribution in [0.5, 0.6) is 0 Å². The van der Waals surface area contributed by atoms with Crippen molar-refractivity contribution >= 4 is 51.3 Å². The van der Waals surface area contributed by atoms with E-state index in [0.29, 0.717) is 5.16 Å². The average molecular weight is 380 g/mol. The molecule has 7 nitrogen and oxygen atoms in total. The van der Waals surface area contributed by atoms with Crippen LogP contribution in [0, 0.1) is 0 Å². The molecule has 0 radical (unpaired) electrons. The van der Waals surface area contributed by atoms with E-state index in [9.17, 15) is 9.59 Å². The summed E-state index contributed by atoms with van der Waals surface area (Å²) in [7, 11) is 0. The summed E-state index contributed by atoms with van der Waals surface area (Å²) in [5.74, 6) is -0.405. The first-order chi connectivity index (χ1) is 13.2. The lowest BCUT2D eigenvalue weighted by Crippen LogP contribution is -2.32. The number of carbonyl (C=O) groups is 2. The standard InChI is InChI=1S/C19H16N4O3S/c1-2-26-19(25)22-16(24)11-27-18-21-13-8-4-3-7-12(13)17-20-14-9-5-6-10-15(14)23(17)18/h3-10H,2,11H2,1H3,(H,22,24,25). The Hall–Kier alpha value is -3.13. The lowest BCUT2D eigenvalue weighted by Gasteiger charge is -2.08. The molecular formula is C19H16N4O3S. The molecule has 0 spiro atoms. The Kier molecular flexibility index (Phi) is 4.64. The van der Waals surface area contributed by atoms with E-state index in [0.717, 1.165) is 27.6 Å². The summed E-state index contributed by atoms with van der Waals surface area (Å²) in [6.45, 7) is 1.89. The molecule has 4 aromatic rings. The number of rotatable bonds is 4. The Morgan fingerprint density at radius 2 is 1.81 bits per heavy atom. The quantitative estimate of drug-likeness (QED) is 0.431. The molecule has 0 fully saturated rings. The predicted octanol–water partition coefficient (Wildman–Crippen LogP) is 3.40. The molecule has 0 bridgehead atoms. The lowest BCUT2D eigenvalue weighted by molar-refractivity contribution is -0.117. The van der Waals surface area contributed by atoms with E-state index in [2.05, 4.69) is 5.32 Å². The number of alkyl carbamates (subject to hydrolysis) is 1. The van der Waals surface area contributed by atoms with Gasteiger partial charge in [0.25, 0.3) is 0 Å². The number of nitrogens with one attached hydrogen (secondary N) is 1. The van der Waals surface area contributed by atoms with Gasteiger partial charge in [0.05, 0.1) is 28.9 Å². The van der Waals surface area contributed by atoms with Crippen LogP contribution in [0.1, 0.15) is 6.92 Å². The molecule has 0 saturated carbocycles. The van der Waals surface area contributed by atoms with Crippen molar-refractivity contribution in [2.75, 3.05) is 12.4 Å². The van der Waals surface area contributed by atoms with Gasteiger partial charge in [0, 0.05) is 5.39 Å². The third-order valence-electron chi connectivity index (χ3n) is 3.96. The predicted molar refractivity (Wildman–Crippen MR) is 104 cm³/mol. The minimum atomic E-state index is -0.743. The summed E-state index contributed by atoms with van der Waals surface area (Å²) < 4.78 is 6.67. The first-order valence-corrected chi connectivity index (χ1v) is 9.41. The number of hydrogen-bond acceptors (Lipinski definition) is 6. The molecule has 8 heteroatoms. The topological polar surface area (TPSA) is 85.6 Å². The summed E-state index contributed by atoms with van der Waals surface area (Å²) in [5.41, 5.74) is 3.36. The second-order valence-corrected chi connectivity index (χ2v) is 6.67. The summed E-state index contributed by atoms with van der Waals surface area (Å²) >= 11 is 1.24. The van der Waals surface area contributed by atoms with Crippen LogP contribution in [-0.2, 0) is 9.53 Å². The fraction of sp³-hybridized carbons (Fsp3) is 0.158. The third kappa shape index (κ3) is 3.31. The van der Waals surface area contributed by atoms with Crippen molar-refractivity contribution in [3.05, 3.63) is 48.5 Å². The Labute approximate surface area is 158 Å². The second kappa shape index (κ2) is 7.24. The van der Waals surface area contributed by atoms with Crippen LogP contribution in [0.3, 0.4) is 0 Å². The summed E-state index contributed by atoms with van der Waals surface area (Å²) in [4.78, 5) is 32.9. The van der Waals surface area contributed by atoms with Gasteiger partial charge in [-0.25, -0.2) is 14.8 Å². The molecule has 0 atom stereocenters. The van der Waals surface area contributed by atoms with Crippen LogP contribution in [0.15, 0.2) is 53.7 Å². The van der Waals surface area contributed by atoms with Gasteiger partial charge in [0.15, 0.2) is 5.16 Å². The molecule has 136 valence electrons. The van der Waals surface area contributed by atoms with E-state index in [1.165, 1.54) is 11.8 Å². The van der Waals surface area contributed by atoms with Crippen LogP contribution in [0.25, 0.3) is 27.6 Å². The molecule has 0 aliphatic heterocycles. The molecule has 0 aliphatic carbocycles. The van der Waals surface area contributed by atoms with E-state index in [1.54, 1.807) is 6.92 Å². The second-order valence-electron chi connectivity index (χ2n) is 5.73. The Balaban J connectivity index is 1.74. The number of benzene rings is 2. The number of nitrogens with zero attached hydrogens (tertiary/aromatic N) is 3. The number of para-hydroxylation sites is 3. The minimum Gasteiger partial charge on any atom is -0.450 e. The summed E-state index contributed by atoms with van der Waals surface area (Å²) in [5, 5.41) is 3.77. The van der Waals surface area contributed by atoms with Gasteiger partial charge in [-0.1, -0.05) is 36.0 Å². The van der Waals surface area contributed by atoms with Gasteiger partial charge in [-0.15, -0.1) is 0 Å². The van der Waals surface area contributed by atoms with Crippen LogP contribution in [0.4, 0.5) is 4.79 Å². The van der Waals surface area contributed by atoms with E-state index >= 15 is 0 Å². The number of ether oxygens (including phenoxy) is 1. The molecule has 1 N–H and O–H groups in total.